The third kappa shape index (κ3) is 2.98. The molecule has 0 radical (unpaired) electrons. The van der Waals surface area contributed by atoms with Gasteiger partial charge in [0.2, 0.25) is 0 Å². The van der Waals surface area contributed by atoms with Crippen molar-refractivity contribution in [2.24, 2.45) is 0 Å². The highest BCUT2D eigenvalue weighted by atomic mass is 16.5. The minimum absolute atomic E-state index is 0.00241. The molecule has 1 fully saturated rings. The first kappa shape index (κ1) is 15.6. The number of hydrogen-bond donors (Lipinski definition) is 0. The maximum atomic E-state index is 12.9. The van der Waals surface area contributed by atoms with Crippen LogP contribution in [-0.4, -0.2) is 39.0 Å². The van der Waals surface area contributed by atoms with Crippen molar-refractivity contribution < 1.29 is 9.32 Å². The highest BCUT2D eigenvalue weighted by Gasteiger charge is 2.33. The van der Waals surface area contributed by atoms with E-state index in [1.54, 1.807) is 13.1 Å². The highest BCUT2D eigenvalue weighted by molar-refractivity contribution is 5.96. The van der Waals surface area contributed by atoms with Gasteiger partial charge in [-0.1, -0.05) is 19.0 Å². The molecule has 1 aliphatic heterocycles. The van der Waals surface area contributed by atoms with Gasteiger partial charge < -0.3 is 9.42 Å². The number of likely N-dealkylation sites (tertiary alicyclic amines) is 1. The Kier molecular flexibility index (Phi) is 4.15. The Morgan fingerprint density at radius 2 is 2.17 bits per heavy atom. The van der Waals surface area contributed by atoms with Crippen molar-refractivity contribution in [1.82, 2.24) is 20.0 Å². The first-order valence-corrected chi connectivity index (χ1v) is 8.02. The molecular weight excluding hydrogens is 292 g/mol. The molecule has 2 aromatic rings. The molecule has 6 nitrogen and oxygen atoms in total. The number of aryl methyl sites for hydroxylation is 2. The van der Waals surface area contributed by atoms with Gasteiger partial charge in [0.15, 0.2) is 0 Å². The second-order valence-corrected chi connectivity index (χ2v) is 6.45. The lowest BCUT2D eigenvalue weighted by Gasteiger charge is -2.17. The number of hydrogen-bond acceptors (Lipinski definition) is 5. The van der Waals surface area contributed by atoms with Crippen molar-refractivity contribution in [3.63, 3.8) is 0 Å². The molecule has 0 spiro atoms. The molecule has 0 aliphatic carbocycles. The zero-order chi connectivity index (χ0) is 16.6. The molecule has 23 heavy (non-hydrogen) atoms. The average Bonchev–Trinajstić information content (AvgIpc) is 3.13. The van der Waals surface area contributed by atoms with Crippen LogP contribution in [0.25, 0.3) is 0 Å². The van der Waals surface area contributed by atoms with Crippen molar-refractivity contribution in [3.8, 4) is 0 Å². The minimum atomic E-state index is 0.00241. The minimum Gasteiger partial charge on any atom is -0.361 e. The third-order valence-electron chi connectivity index (χ3n) is 4.30. The van der Waals surface area contributed by atoms with Crippen LogP contribution < -0.4 is 0 Å². The van der Waals surface area contributed by atoms with Crippen molar-refractivity contribution in [2.45, 2.75) is 46.0 Å². The van der Waals surface area contributed by atoms with E-state index < -0.39 is 0 Å². The summed E-state index contributed by atoms with van der Waals surface area (Å²) in [4.78, 5) is 23.6. The number of carbonyl (C=O) groups excluding carboxylic acids is 1. The Labute approximate surface area is 135 Å². The fraction of sp³-hybridized carbons (Fsp3) is 0.529. The van der Waals surface area contributed by atoms with Crippen LogP contribution >= 0.6 is 0 Å². The summed E-state index contributed by atoms with van der Waals surface area (Å²) in [5.74, 6) is 1.77. The lowest BCUT2D eigenvalue weighted by atomic mass is 10.0. The van der Waals surface area contributed by atoms with Gasteiger partial charge in [0.05, 0.1) is 5.69 Å². The van der Waals surface area contributed by atoms with Crippen molar-refractivity contribution in [3.05, 3.63) is 40.8 Å². The van der Waals surface area contributed by atoms with Crippen LogP contribution in [0.5, 0.6) is 0 Å². The largest absolute Gasteiger partial charge is 0.361 e. The van der Waals surface area contributed by atoms with Crippen LogP contribution in [0.3, 0.4) is 0 Å². The fourth-order valence-electron chi connectivity index (χ4n) is 3.02. The standard InChI is InChI=1S/C17H22N4O2/c1-10(2)15-14(12(4)23-20-15)17(22)21-8-6-13(9-21)16-18-7-5-11(3)19-16/h5,7,10,13H,6,8-9H2,1-4H3/t13-/m1/s1. The molecule has 1 aliphatic rings. The van der Waals surface area contributed by atoms with Crippen LogP contribution in [0, 0.1) is 13.8 Å². The molecular formula is C17H22N4O2. The molecule has 0 aromatic carbocycles. The molecule has 1 saturated heterocycles. The molecule has 2 aromatic heterocycles. The van der Waals surface area contributed by atoms with E-state index in [1.165, 1.54) is 0 Å². The molecule has 122 valence electrons. The summed E-state index contributed by atoms with van der Waals surface area (Å²) in [6, 6.07) is 1.89. The monoisotopic (exact) mass is 314 g/mol. The van der Waals surface area contributed by atoms with E-state index in [9.17, 15) is 4.79 Å². The van der Waals surface area contributed by atoms with Gasteiger partial charge in [0.25, 0.3) is 5.91 Å². The summed E-state index contributed by atoms with van der Waals surface area (Å²) in [5, 5.41) is 4.05. The van der Waals surface area contributed by atoms with Gasteiger partial charge in [-0.15, -0.1) is 0 Å². The Morgan fingerprint density at radius 1 is 1.39 bits per heavy atom. The molecule has 6 heteroatoms. The van der Waals surface area contributed by atoms with E-state index in [2.05, 4.69) is 15.1 Å². The second kappa shape index (κ2) is 6.10. The van der Waals surface area contributed by atoms with Gasteiger partial charge in [0.1, 0.15) is 17.1 Å². The molecule has 3 rings (SSSR count). The Balaban J connectivity index is 1.79. The number of carbonyl (C=O) groups is 1. The average molecular weight is 314 g/mol. The van der Waals surface area contributed by atoms with Crippen molar-refractivity contribution in [2.75, 3.05) is 13.1 Å². The molecule has 1 atom stereocenters. The lowest BCUT2D eigenvalue weighted by molar-refractivity contribution is 0.0787. The number of nitrogens with zero attached hydrogens (tertiary/aromatic N) is 4. The molecule has 0 bridgehead atoms. The SMILES string of the molecule is Cc1ccnc([C@@H]2CCN(C(=O)c3c(C(C)C)noc3C)C2)n1. The van der Waals surface area contributed by atoms with Crippen LogP contribution in [0.1, 0.15) is 65.4 Å². The molecule has 0 saturated carbocycles. The summed E-state index contributed by atoms with van der Waals surface area (Å²) < 4.78 is 5.24. The molecule has 1 amide bonds. The predicted molar refractivity (Wildman–Crippen MR) is 85.4 cm³/mol. The van der Waals surface area contributed by atoms with E-state index in [1.807, 2.05) is 31.7 Å². The third-order valence-corrected chi connectivity index (χ3v) is 4.30. The van der Waals surface area contributed by atoms with Crippen LogP contribution in [0.4, 0.5) is 0 Å². The summed E-state index contributed by atoms with van der Waals surface area (Å²) in [5.41, 5.74) is 2.31. The maximum Gasteiger partial charge on any atom is 0.259 e. The van der Waals surface area contributed by atoms with Crippen molar-refractivity contribution >= 4 is 5.91 Å². The topological polar surface area (TPSA) is 72.1 Å². The van der Waals surface area contributed by atoms with E-state index in [4.69, 9.17) is 4.52 Å². The first-order valence-electron chi connectivity index (χ1n) is 8.02. The van der Waals surface area contributed by atoms with E-state index >= 15 is 0 Å². The zero-order valence-electron chi connectivity index (χ0n) is 14.0. The van der Waals surface area contributed by atoms with Crippen LogP contribution in [0.2, 0.25) is 0 Å². The fourth-order valence-corrected chi connectivity index (χ4v) is 3.02. The summed E-state index contributed by atoms with van der Waals surface area (Å²) >= 11 is 0. The number of amides is 1. The Hall–Kier alpha value is -2.24. The number of rotatable bonds is 3. The smallest absolute Gasteiger partial charge is 0.259 e. The quantitative estimate of drug-likeness (QED) is 0.871. The van der Waals surface area contributed by atoms with Crippen LogP contribution in [0.15, 0.2) is 16.8 Å². The Morgan fingerprint density at radius 3 is 2.87 bits per heavy atom. The van der Waals surface area contributed by atoms with Gasteiger partial charge in [-0.2, -0.15) is 0 Å². The first-order chi connectivity index (χ1) is 11.0. The predicted octanol–water partition coefficient (Wildman–Crippen LogP) is 2.83. The van der Waals surface area contributed by atoms with Gasteiger partial charge in [0, 0.05) is 30.9 Å². The van der Waals surface area contributed by atoms with Gasteiger partial charge >= 0.3 is 0 Å². The van der Waals surface area contributed by atoms with Gasteiger partial charge in [-0.25, -0.2) is 9.97 Å². The zero-order valence-corrected chi connectivity index (χ0v) is 14.0. The normalized spacial score (nSPS) is 18.0. The van der Waals surface area contributed by atoms with E-state index in [0.29, 0.717) is 24.4 Å². The van der Waals surface area contributed by atoms with Gasteiger partial charge in [-0.05, 0) is 32.3 Å². The number of aromatic nitrogens is 3. The Bertz CT molecular complexity index is 723. The molecule has 3 heterocycles. The summed E-state index contributed by atoms with van der Waals surface area (Å²) in [6.07, 6.45) is 2.67. The highest BCUT2D eigenvalue weighted by Crippen LogP contribution is 2.29. The summed E-state index contributed by atoms with van der Waals surface area (Å²) in [7, 11) is 0. The second-order valence-electron chi connectivity index (χ2n) is 6.45. The van der Waals surface area contributed by atoms with Gasteiger partial charge in [-0.3, -0.25) is 4.79 Å². The van der Waals surface area contributed by atoms with Crippen molar-refractivity contribution in [1.29, 1.82) is 0 Å². The maximum absolute atomic E-state index is 12.9. The molecule has 0 N–H and O–H groups in total. The van der Waals surface area contributed by atoms with E-state index in [-0.39, 0.29) is 17.7 Å². The lowest BCUT2D eigenvalue weighted by Crippen LogP contribution is -2.29. The van der Waals surface area contributed by atoms with Crippen LogP contribution in [-0.2, 0) is 0 Å². The van der Waals surface area contributed by atoms with E-state index in [0.717, 1.165) is 23.6 Å². The summed E-state index contributed by atoms with van der Waals surface area (Å²) in [6.45, 7) is 9.14. The molecule has 0 unspecified atom stereocenters.